The summed E-state index contributed by atoms with van der Waals surface area (Å²) in [5.74, 6) is -3.78. The Balaban J connectivity index is 0.00000576. The van der Waals surface area contributed by atoms with E-state index in [4.69, 9.17) is 15.3 Å². The molecule has 1 saturated heterocycles. The van der Waals surface area contributed by atoms with Crippen LogP contribution in [0.5, 0.6) is 0 Å². The third-order valence-electron chi connectivity index (χ3n) is 5.64. The molecule has 2 heterocycles. The Morgan fingerprint density at radius 1 is 1.12 bits per heavy atom. The van der Waals surface area contributed by atoms with Gasteiger partial charge < -0.3 is 34.5 Å². The van der Waals surface area contributed by atoms with Gasteiger partial charge in [-0.1, -0.05) is 5.16 Å². The molecule has 3 amide bonds. The molecule has 0 bridgehead atoms. The Hall–Kier alpha value is -2.98. The second kappa shape index (κ2) is 17.1. The van der Waals surface area contributed by atoms with E-state index in [2.05, 4.69) is 14.9 Å². The van der Waals surface area contributed by atoms with Crippen LogP contribution in [0, 0.1) is 10.1 Å². The molecule has 250 valence electrons. The number of hydrogen-bond donors (Lipinski definition) is 3. The summed E-state index contributed by atoms with van der Waals surface area (Å²) in [6.07, 6.45) is -1.88. The van der Waals surface area contributed by atoms with Crippen LogP contribution >= 0.6 is 11.3 Å². The van der Waals surface area contributed by atoms with Gasteiger partial charge in [0, 0.05) is 17.5 Å². The number of non-ortho nitro benzene ring substituents is 1. The minimum atomic E-state index is -5.53. The maximum Gasteiger partial charge on any atom is 1.00 e. The Morgan fingerprint density at radius 3 is 2.23 bits per heavy atom. The maximum atomic E-state index is 13.2. The summed E-state index contributed by atoms with van der Waals surface area (Å²) in [5, 5.41) is 17.7. The van der Waals surface area contributed by atoms with Gasteiger partial charge in [0.15, 0.2) is 31.5 Å². The second-order valence-electron chi connectivity index (χ2n) is 9.38. The van der Waals surface area contributed by atoms with Crippen molar-refractivity contribution in [2.24, 2.45) is 5.16 Å². The summed E-state index contributed by atoms with van der Waals surface area (Å²) in [6, 6.07) is 1.32. The number of anilines is 1. The Bertz CT molecular complexity index is 1800. The topological polar surface area (TPSA) is 332 Å². The molecule has 0 unspecified atom stereocenters. The van der Waals surface area contributed by atoms with Crippen molar-refractivity contribution < 1.29 is 123 Å². The Morgan fingerprint density at radius 2 is 1.73 bits per heavy atom. The molecular formula is C21H21N7Na2O15S3. The molecule has 27 heteroatoms. The van der Waals surface area contributed by atoms with E-state index >= 15 is 0 Å². The number of hydrogen-bond acceptors (Lipinski definition) is 19. The maximum absolute atomic E-state index is 13.2. The molecule has 4 N–H and O–H groups in total. The number of aromatic nitrogens is 1. The average Bonchev–Trinajstić information content (AvgIpc) is 3.36. The van der Waals surface area contributed by atoms with E-state index in [1.807, 2.05) is 5.32 Å². The number of nitrogens with zero attached hydrogens (tertiary/aromatic N) is 4. The van der Waals surface area contributed by atoms with Gasteiger partial charge in [-0.3, -0.25) is 19.7 Å². The molecule has 0 saturated carbocycles. The molecule has 2 aromatic rings. The van der Waals surface area contributed by atoms with Gasteiger partial charge >= 0.3 is 71.2 Å². The van der Waals surface area contributed by atoms with E-state index < -0.39 is 79.4 Å². The molecular weight excluding hydrogens is 732 g/mol. The average molecular weight is 754 g/mol. The summed E-state index contributed by atoms with van der Waals surface area (Å²) in [5.41, 5.74) is 2.97. The largest absolute Gasteiger partial charge is 1.00 e. The van der Waals surface area contributed by atoms with Crippen molar-refractivity contribution in [3.8, 4) is 0 Å². The van der Waals surface area contributed by atoms with Crippen LogP contribution in [0.25, 0.3) is 0 Å². The molecule has 22 nitrogen and oxygen atoms in total. The van der Waals surface area contributed by atoms with Crippen LogP contribution < -0.4 is 74.9 Å². The van der Waals surface area contributed by atoms with Crippen molar-refractivity contribution in [3.05, 3.63) is 51.0 Å². The van der Waals surface area contributed by atoms with Crippen molar-refractivity contribution in [2.75, 3.05) is 12.3 Å². The number of ether oxygens (including phenoxy) is 2. The monoisotopic (exact) mass is 753 g/mol. The van der Waals surface area contributed by atoms with Crippen LogP contribution in [0.3, 0.4) is 0 Å². The molecule has 3 rings (SSSR count). The zero-order valence-corrected chi connectivity index (χ0v) is 31.6. The molecule has 1 aromatic heterocycles. The first-order valence-corrected chi connectivity index (χ1v) is 15.7. The van der Waals surface area contributed by atoms with Gasteiger partial charge in [0.1, 0.15) is 31.0 Å². The summed E-state index contributed by atoms with van der Waals surface area (Å²) in [4.78, 5) is 69.2. The predicted molar refractivity (Wildman–Crippen MR) is 148 cm³/mol. The SMILES string of the molecule is CC(C)(O/N=C(\C(=O)N[C@H]1C(=O)N(S(=O)(=O)[O-])[C@H]1COC(=O)NS(=O)(=O)[O-])c1csc(N)n1)C(=O)OCc1ccc([N+](=O)[O-])cc1.[Na+].[Na+]. The number of nitro benzene ring substituents is 1. The zero-order chi connectivity index (χ0) is 34.6. The number of nitrogen functional groups attached to an aromatic ring is 1. The molecule has 1 aliphatic heterocycles. The number of oxime groups is 1. The van der Waals surface area contributed by atoms with Crippen molar-refractivity contribution in [2.45, 2.75) is 38.1 Å². The molecule has 0 radical (unpaired) electrons. The van der Waals surface area contributed by atoms with Crippen molar-refractivity contribution in [1.29, 1.82) is 0 Å². The Kier molecular flexibility index (Phi) is 15.3. The van der Waals surface area contributed by atoms with Crippen LogP contribution in [-0.2, 0) is 55.9 Å². The second-order valence-corrected chi connectivity index (χ2v) is 12.6. The summed E-state index contributed by atoms with van der Waals surface area (Å²) >= 11 is 0.839. The standard InChI is InChI=1S/C21H23N7O15S3.2Na/c1-21(2,18(31)41-7-10-3-5-11(6-4-10)28(33)34)43-25-14(12-9-44-19(22)23-12)16(29)24-15-13(27(17(15)30)46(38,39)40)8-42-20(32)26-45(35,36)37;;/h3-6,9,13,15H,7-8H2,1-2H3,(H2,22,23)(H,24,29)(H,26,32)(H,35,36,37)(H,38,39,40);;/q;2*+1/p-2/b25-14-;;/t13-,15+;;/m0../s1. The van der Waals surface area contributed by atoms with Crippen LogP contribution in [-0.4, -0.2) is 94.0 Å². The summed E-state index contributed by atoms with van der Waals surface area (Å²) < 4.78 is 76.8. The quantitative estimate of drug-likeness (QED) is 0.0325. The number of thiazole rings is 1. The van der Waals surface area contributed by atoms with E-state index in [9.17, 15) is 55.2 Å². The number of β-lactam (4-membered cyclic amide) rings is 1. The normalized spacial score (nSPS) is 16.3. The van der Waals surface area contributed by atoms with Gasteiger partial charge in [-0.25, -0.2) is 40.4 Å². The number of benzene rings is 1. The van der Waals surface area contributed by atoms with E-state index in [-0.39, 0.29) is 86.5 Å². The van der Waals surface area contributed by atoms with Crippen molar-refractivity contribution in [3.63, 3.8) is 0 Å². The first-order valence-electron chi connectivity index (χ1n) is 12.1. The number of nitrogens with two attached hydrogens (primary N) is 1. The van der Waals surface area contributed by atoms with Crippen LogP contribution in [0.2, 0.25) is 0 Å². The van der Waals surface area contributed by atoms with Gasteiger partial charge in [-0.05, 0) is 31.5 Å². The first kappa shape index (κ1) is 43.0. The zero-order valence-electron chi connectivity index (χ0n) is 25.2. The first-order chi connectivity index (χ1) is 21.2. The third kappa shape index (κ3) is 11.6. The number of nitrogens with one attached hydrogen (secondary N) is 2. The third-order valence-corrected chi connectivity index (χ3v) is 7.67. The van der Waals surface area contributed by atoms with E-state index in [1.165, 1.54) is 43.5 Å². The van der Waals surface area contributed by atoms with Crippen LogP contribution in [0.4, 0.5) is 15.6 Å². The molecule has 48 heavy (non-hydrogen) atoms. The fourth-order valence-electron chi connectivity index (χ4n) is 3.45. The molecule has 1 aliphatic rings. The van der Waals surface area contributed by atoms with E-state index in [1.54, 1.807) is 0 Å². The van der Waals surface area contributed by atoms with Crippen molar-refractivity contribution >= 4 is 72.4 Å². The number of nitro groups is 1. The van der Waals surface area contributed by atoms with Gasteiger partial charge in [0.2, 0.25) is 5.60 Å². The van der Waals surface area contributed by atoms with Crippen molar-refractivity contribution in [1.82, 2.24) is 19.3 Å². The van der Waals surface area contributed by atoms with Gasteiger partial charge in [0.05, 0.1) is 4.92 Å². The van der Waals surface area contributed by atoms with Gasteiger partial charge in [-0.15, -0.1) is 11.3 Å². The minimum absolute atomic E-state index is 0. The smallest absolute Gasteiger partial charge is 0.731 e. The molecule has 2 atom stereocenters. The fraction of sp³-hybridized carbons (Fsp3) is 0.333. The number of esters is 1. The number of carbonyl (C=O) groups excluding carboxylic acids is 4. The molecule has 1 fully saturated rings. The number of amides is 3. The molecule has 0 spiro atoms. The summed E-state index contributed by atoms with van der Waals surface area (Å²) in [7, 11) is -10.9. The predicted octanol–water partition coefficient (Wildman–Crippen LogP) is -7.77. The Labute approximate surface area is 319 Å². The number of carbonyl (C=O) groups is 4. The van der Waals surface area contributed by atoms with E-state index in [0.29, 0.717) is 5.56 Å². The fourth-order valence-corrected chi connectivity index (χ4v) is 5.11. The van der Waals surface area contributed by atoms with Crippen LogP contribution in [0.1, 0.15) is 25.1 Å². The van der Waals surface area contributed by atoms with Gasteiger partial charge in [-0.2, -0.15) is 0 Å². The van der Waals surface area contributed by atoms with Crippen LogP contribution in [0.15, 0.2) is 34.8 Å². The number of rotatable bonds is 13. The molecule has 1 aromatic carbocycles. The summed E-state index contributed by atoms with van der Waals surface area (Å²) in [6.45, 7) is 0.896. The van der Waals surface area contributed by atoms with E-state index in [0.717, 1.165) is 16.1 Å². The minimum Gasteiger partial charge on any atom is -0.731 e. The van der Waals surface area contributed by atoms with Gasteiger partial charge in [0.25, 0.3) is 17.5 Å². The molecule has 0 aliphatic carbocycles.